The van der Waals surface area contributed by atoms with Gasteiger partial charge in [-0.1, -0.05) is 19.4 Å². The topological polar surface area (TPSA) is 58.1 Å². The third-order valence-corrected chi connectivity index (χ3v) is 3.51. The summed E-state index contributed by atoms with van der Waals surface area (Å²) in [6, 6.07) is 6.18. The zero-order valence-corrected chi connectivity index (χ0v) is 14.0. The predicted octanol–water partition coefficient (Wildman–Crippen LogP) is 4.11. The molecule has 0 unspecified atom stereocenters. The summed E-state index contributed by atoms with van der Waals surface area (Å²) < 4.78 is 38.3. The minimum absolute atomic E-state index is 0.0640. The van der Waals surface area contributed by atoms with Crippen molar-refractivity contribution >= 4 is 17.5 Å². The van der Waals surface area contributed by atoms with E-state index in [1.54, 1.807) is 11.9 Å². The van der Waals surface area contributed by atoms with Gasteiger partial charge in [0.2, 0.25) is 5.95 Å². The van der Waals surface area contributed by atoms with Crippen LogP contribution in [-0.4, -0.2) is 34.4 Å². The number of hydrogen-bond donors (Lipinski definition) is 1. The summed E-state index contributed by atoms with van der Waals surface area (Å²) >= 11 is 0. The van der Waals surface area contributed by atoms with Crippen LogP contribution in [0, 0.1) is 0 Å². The summed E-state index contributed by atoms with van der Waals surface area (Å²) in [6.45, 7) is 2.63. The molecule has 1 aromatic heterocycles. The number of alkyl halides is 3. The Morgan fingerprint density at radius 1 is 1.28 bits per heavy atom. The highest BCUT2D eigenvalue weighted by atomic mass is 19.4. The molecule has 0 bridgehead atoms. The van der Waals surface area contributed by atoms with E-state index in [9.17, 15) is 18.0 Å². The summed E-state index contributed by atoms with van der Waals surface area (Å²) in [6.07, 6.45) is -1.20. The molecular weight excluding hydrogens is 333 g/mol. The van der Waals surface area contributed by atoms with E-state index in [1.165, 1.54) is 24.4 Å². The second kappa shape index (κ2) is 7.96. The number of hydrogen-bond acceptors (Lipinski definition) is 4. The molecule has 1 aromatic carbocycles. The van der Waals surface area contributed by atoms with E-state index in [2.05, 4.69) is 15.3 Å². The Balaban J connectivity index is 2.15. The minimum atomic E-state index is -4.43. The predicted molar refractivity (Wildman–Crippen MR) is 88.6 cm³/mol. The average Bonchev–Trinajstić information content (AvgIpc) is 2.58. The standard InChI is InChI=1S/C17H19F3N4O/c1-3-4-10-24(2)15(25)14-8-9-21-16(23-14)22-13-7-5-6-12(11-13)17(18,19)20/h5-9,11H,3-4,10H2,1-2H3,(H,21,22,23). The maximum Gasteiger partial charge on any atom is 0.416 e. The molecular formula is C17H19F3N4O. The third-order valence-electron chi connectivity index (χ3n) is 3.51. The van der Waals surface area contributed by atoms with Gasteiger partial charge < -0.3 is 10.2 Å². The highest BCUT2D eigenvalue weighted by Gasteiger charge is 2.30. The molecule has 0 aliphatic carbocycles. The molecule has 134 valence electrons. The normalized spacial score (nSPS) is 11.2. The Hall–Kier alpha value is -2.64. The van der Waals surface area contributed by atoms with Gasteiger partial charge in [0.25, 0.3) is 5.91 Å². The highest BCUT2D eigenvalue weighted by molar-refractivity contribution is 5.92. The summed E-state index contributed by atoms with van der Waals surface area (Å²) in [7, 11) is 1.68. The monoisotopic (exact) mass is 352 g/mol. The molecule has 2 rings (SSSR count). The van der Waals surface area contributed by atoms with Crippen LogP contribution in [0.1, 0.15) is 35.8 Å². The lowest BCUT2D eigenvalue weighted by atomic mass is 10.2. The van der Waals surface area contributed by atoms with Crippen molar-refractivity contribution in [2.24, 2.45) is 0 Å². The molecule has 5 nitrogen and oxygen atoms in total. The van der Waals surface area contributed by atoms with Gasteiger partial charge in [0, 0.05) is 25.5 Å². The van der Waals surface area contributed by atoms with E-state index in [-0.39, 0.29) is 23.2 Å². The molecule has 0 aliphatic heterocycles. The van der Waals surface area contributed by atoms with Gasteiger partial charge in [0.05, 0.1) is 5.56 Å². The fourth-order valence-corrected chi connectivity index (χ4v) is 2.13. The lowest BCUT2D eigenvalue weighted by molar-refractivity contribution is -0.137. The molecule has 25 heavy (non-hydrogen) atoms. The van der Waals surface area contributed by atoms with Crippen molar-refractivity contribution in [3.8, 4) is 0 Å². The maximum atomic E-state index is 12.8. The van der Waals surface area contributed by atoms with Crippen LogP contribution in [-0.2, 0) is 6.18 Å². The van der Waals surface area contributed by atoms with Gasteiger partial charge >= 0.3 is 6.18 Å². The molecule has 1 N–H and O–H groups in total. The highest BCUT2D eigenvalue weighted by Crippen LogP contribution is 2.31. The van der Waals surface area contributed by atoms with Crippen molar-refractivity contribution in [2.75, 3.05) is 18.9 Å². The molecule has 0 spiro atoms. The zero-order chi connectivity index (χ0) is 18.4. The largest absolute Gasteiger partial charge is 0.416 e. The average molecular weight is 352 g/mol. The van der Waals surface area contributed by atoms with Crippen LogP contribution in [0.3, 0.4) is 0 Å². The summed E-state index contributed by atoms with van der Waals surface area (Å²) in [5.41, 5.74) is -0.397. The number of anilines is 2. The Kier molecular flexibility index (Phi) is 5.95. The van der Waals surface area contributed by atoms with E-state index < -0.39 is 11.7 Å². The number of nitrogens with one attached hydrogen (secondary N) is 1. The SMILES string of the molecule is CCCCN(C)C(=O)c1ccnc(Nc2cccc(C(F)(F)F)c2)n1. The molecule has 0 atom stereocenters. The summed E-state index contributed by atoms with van der Waals surface area (Å²) in [5, 5.41) is 2.70. The van der Waals surface area contributed by atoms with Gasteiger partial charge in [0.15, 0.2) is 0 Å². The van der Waals surface area contributed by atoms with Crippen LogP contribution in [0.2, 0.25) is 0 Å². The number of carbonyl (C=O) groups excluding carboxylic acids is 1. The van der Waals surface area contributed by atoms with Gasteiger partial charge in [-0.2, -0.15) is 13.2 Å². The fraction of sp³-hybridized carbons (Fsp3) is 0.353. The maximum absolute atomic E-state index is 12.8. The molecule has 1 amide bonds. The number of benzene rings is 1. The molecule has 2 aromatic rings. The second-order valence-electron chi connectivity index (χ2n) is 5.55. The first-order chi connectivity index (χ1) is 11.8. The van der Waals surface area contributed by atoms with Gasteiger partial charge in [-0.25, -0.2) is 9.97 Å². The van der Waals surface area contributed by atoms with Crippen molar-refractivity contribution in [2.45, 2.75) is 25.9 Å². The summed E-state index contributed by atoms with van der Waals surface area (Å²) in [5.74, 6) is -0.197. The van der Waals surface area contributed by atoms with Crippen molar-refractivity contribution in [1.82, 2.24) is 14.9 Å². The Labute approximate surface area is 143 Å². The first kappa shape index (κ1) is 18.7. The smallest absolute Gasteiger partial charge is 0.340 e. The molecule has 0 saturated heterocycles. The van der Waals surface area contributed by atoms with Gasteiger partial charge in [-0.15, -0.1) is 0 Å². The number of aromatic nitrogens is 2. The third kappa shape index (κ3) is 5.17. The van der Waals surface area contributed by atoms with Crippen molar-refractivity contribution in [3.05, 3.63) is 47.8 Å². The molecule has 1 heterocycles. The van der Waals surface area contributed by atoms with Crippen molar-refractivity contribution in [3.63, 3.8) is 0 Å². The fourth-order valence-electron chi connectivity index (χ4n) is 2.13. The quantitative estimate of drug-likeness (QED) is 0.850. The van der Waals surface area contributed by atoms with Crippen LogP contribution in [0.5, 0.6) is 0 Å². The van der Waals surface area contributed by atoms with E-state index in [1.807, 2.05) is 6.92 Å². The van der Waals surface area contributed by atoms with Gasteiger partial charge in [-0.3, -0.25) is 4.79 Å². The Bertz CT molecular complexity index is 734. The first-order valence-corrected chi connectivity index (χ1v) is 7.84. The van der Waals surface area contributed by atoms with E-state index >= 15 is 0 Å². The van der Waals surface area contributed by atoms with Crippen LogP contribution < -0.4 is 5.32 Å². The van der Waals surface area contributed by atoms with Gasteiger partial charge in [-0.05, 0) is 30.7 Å². The summed E-state index contributed by atoms with van der Waals surface area (Å²) in [4.78, 5) is 21.9. The first-order valence-electron chi connectivity index (χ1n) is 7.84. The Morgan fingerprint density at radius 3 is 2.72 bits per heavy atom. The number of rotatable bonds is 6. The van der Waals surface area contributed by atoms with Gasteiger partial charge in [0.1, 0.15) is 5.69 Å². The lowest BCUT2D eigenvalue weighted by Gasteiger charge is -2.16. The molecule has 0 fully saturated rings. The molecule has 8 heteroatoms. The van der Waals surface area contributed by atoms with Crippen LogP contribution in [0.15, 0.2) is 36.5 Å². The molecule has 0 saturated carbocycles. The minimum Gasteiger partial charge on any atom is -0.340 e. The number of amides is 1. The second-order valence-corrected chi connectivity index (χ2v) is 5.55. The van der Waals surface area contributed by atoms with Crippen molar-refractivity contribution < 1.29 is 18.0 Å². The van der Waals surface area contributed by atoms with E-state index in [4.69, 9.17) is 0 Å². The molecule has 0 radical (unpaired) electrons. The lowest BCUT2D eigenvalue weighted by Crippen LogP contribution is -2.28. The molecule has 0 aliphatic rings. The van der Waals surface area contributed by atoms with Crippen LogP contribution in [0.4, 0.5) is 24.8 Å². The zero-order valence-electron chi connectivity index (χ0n) is 14.0. The number of nitrogens with zero attached hydrogens (tertiary/aromatic N) is 3. The van der Waals surface area contributed by atoms with Crippen molar-refractivity contribution in [1.29, 1.82) is 0 Å². The van der Waals surface area contributed by atoms with Crippen LogP contribution in [0.25, 0.3) is 0 Å². The van der Waals surface area contributed by atoms with E-state index in [0.29, 0.717) is 6.54 Å². The number of halogens is 3. The van der Waals surface area contributed by atoms with Crippen LogP contribution >= 0.6 is 0 Å². The number of carbonyl (C=O) groups is 1. The number of unbranched alkanes of at least 4 members (excludes halogenated alkanes) is 1. The van der Waals surface area contributed by atoms with E-state index in [0.717, 1.165) is 25.0 Å². The Morgan fingerprint density at radius 2 is 2.04 bits per heavy atom.